The number of carbonyl (C=O) groups excluding carboxylic acids is 2. The van der Waals surface area contributed by atoms with Crippen molar-refractivity contribution in [3.05, 3.63) is 23.9 Å². The lowest BCUT2D eigenvalue weighted by molar-refractivity contribution is -0.145. The molecule has 0 bridgehead atoms. The highest BCUT2D eigenvalue weighted by atomic mass is 16.5. The van der Waals surface area contributed by atoms with Crippen LogP contribution in [0.4, 0.5) is 5.82 Å². The lowest BCUT2D eigenvalue weighted by Crippen LogP contribution is -2.50. The molecule has 2 fully saturated rings. The maximum Gasteiger partial charge on any atom is 0.255 e. The van der Waals surface area contributed by atoms with E-state index >= 15 is 0 Å². The highest BCUT2D eigenvalue weighted by Crippen LogP contribution is 2.40. The zero-order valence-corrected chi connectivity index (χ0v) is 16.6. The molecule has 3 rings (SSSR count). The van der Waals surface area contributed by atoms with Gasteiger partial charge in [-0.2, -0.15) is 0 Å². The van der Waals surface area contributed by atoms with Crippen LogP contribution in [0.15, 0.2) is 18.3 Å². The Morgan fingerprint density at radius 3 is 2.78 bits per heavy atom. The number of aromatic nitrogens is 1. The Morgan fingerprint density at radius 1 is 1.30 bits per heavy atom. The fourth-order valence-electron chi connectivity index (χ4n) is 4.15. The maximum absolute atomic E-state index is 13.1. The van der Waals surface area contributed by atoms with Crippen LogP contribution in [0, 0.1) is 5.41 Å². The maximum atomic E-state index is 13.1. The molecule has 0 radical (unpaired) electrons. The largest absolute Gasteiger partial charge is 0.385 e. The van der Waals surface area contributed by atoms with Crippen LogP contribution in [0.25, 0.3) is 0 Å². The topological polar surface area (TPSA) is 66.0 Å². The second kappa shape index (κ2) is 8.25. The molecule has 1 unspecified atom stereocenters. The highest BCUT2D eigenvalue weighted by molar-refractivity contribution is 5.95. The van der Waals surface area contributed by atoms with Gasteiger partial charge in [-0.05, 0) is 37.8 Å². The van der Waals surface area contributed by atoms with Gasteiger partial charge >= 0.3 is 0 Å². The highest BCUT2D eigenvalue weighted by Gasteiger charge is 2.49. The summed E-state index contributed by atoms with van der Waals surface area (Å²) < 4.78 is 5.11. The first kappa shape index (κ1) is 19.6. The standard InChI is InChI=1S/C20H30N4O3/c1-22(2)17-7-6-16(14-21-17)18(25)24-12-9-20(15-24)8-4-10-23(19(20)26)11-5-13-27-3/h6-7,14H,4-5,8-13,15H2,1-3H3. The minimum absolute atomic E-state index is 0.0333. The first-order valence-corrected chi connectivity index (χ1v) is 9.68. The van der Waals surface area contributed by atoms with E-state index in [2.05, 4.69) is 4.98 Å². The number of likely N-dealkylation sites (tertiary alicyclic amines) is 2. The summed E-state index contributed by atoms with van der Waals surface area (Å²) in [4.78, 5) is 36.0. The lowest BCUT2D eigenvalue weighted by atomic mass is 9.78. The molecule has 1 aromatic rings. The number of amides is 2. The summed E-state index contributed by atoms with van der Waals surface area (Å²) in [6.45, 7) is 3.36. The predicted molar refractivity (Wildman–Crippen MR) is 104 cm³/mol. The fraction of sp³-hybridized carbons (Fsp3) is 0.650. The Morgan fingerprint density at radius 2 is 2.11 bits per heavy atom. The molecule has 1 aromatic heterocycles. The van der Waals surface area contributed by atoms with Crippen LogP contribution in [0.5, 0.6) is 0 Å². The van der Waals surface area contributed by atoms with E-state index in [1.54, 1.807) is 13.3 Å². The van der Waals surface area contributed by atoms with Gasteiger partial charge in [0.25, 0.3) is 5.91 Å². The molecule has 3 heterocycles. The number of rotatable bonds is 6. The summed E-state index contributed by atoms with van der Waals surface area (Å²) >= 11 is 0. The second-order valence-electron chi connectivity index (χ2n) is 7.80. The molecule has 148 valence electrons. The number of nitrogens with zero attached hydrogens (tertiary/aromatic N) is 4. The van der Waals surface area contributed by atoms with Gasteiger partial charge in [-0.3, -0.25) is 9.59 Å². The Hall–Kier alpha value is -2.15. The first-order chi connectivity index (χ1) is 13.0. The monoisotopic (exact) mass is 374 g/mol. The molecule has 27 heavy (non-hydrogen) atoms. The summed E-state index contributed by atoms with van der Waals surface area (Å²) in [5, 5.41) is 0. The summed E-state index contributed by atoms with van der Waals surface area (Å²) in [5.74, 6) is 0.994. The molecule has 1 atom stereocenters. The number of carbonyl (C=O) groups is 2. The van der Waals surface area contributed by atoms with Crippen LogP contribution in [0.3, 0.4) is 0 Å². The van der Waals surface area contributed by atoms with E-state index in [0.29, 0.717) is 25.3 Å². The minimum atomic E-state index is -0.405. The van der Waals surface area contributed by atoms with Crippen LogP contribution < -0.4 is 4.90 Å². The number of anilines is 1. The average molecular weight is 374 g/mol. The van der Waals surface area contributed by atoms with E-state index < -0.39 is 5.41 Å². The quantitative estimate of drug-likeness (QED) is 0.708. The van der Waals surface area contributed by atoms with E-state index in [1.165, 1.54) is 0 Å². The number of hydrogen-bond acceptors (Lipinski definition) is 5. The van der Waals surface area contributed by atoms with Gasteiger partial charge in [-0.25, -0.2) is 4.98 Å². The smallest absolute Gasteiger partial charge is 0.255 e. The minimum Gasteiger partial charge on any atom is -0.385 e. The van der Waals surface area contributed by atoms with Crippen LogP contribution in [-0.4, -0.2) is 80.6 Å². The van der Waals surface area contributed by atoms with E-state index in [9.17, 15) is 9.59 Å². The van der Waals surface area contributed by atoms with Crippen molar-refractivity contribution in [1.29, 1.82) is 0 Å². The van der Waals surface area contributed by atoms with Crippen LogP contribution in [-0.2, 0) is 9.53 Å². The van der Waals surface area contributed by atoms with Crippen molar-refractivity contribution in [2.24, 2.45) is 5.41 Å². The molecule has 2 aliphatic rings. The normalized spacial score (nSPS) is 22.6. The van der Waals surface area contributed by atoms with Crippen molar-refractivity contribution in [1.82, 2.24) is 14.8 Å². The molecule has 7 heteroatoms. The fourth-order valence-corrected chi connectivity index (χ4v) is 4.15. The summed E-state index contributed by atoms with van der Waals surface area (Å²) in [6.07, 6.45) is 5.10. The molecule has 0 saturated carbocycles. The van der Waals surface area contributed by atoms with E-state index in [0.717, 1.165) is 44.6 Å². The molecule has 7 nitrogen and oxygen atoms in total. The van der Waals surface area contributed by atoms with Gasteiger partial charge in [0, 0.05) is 60.2 Å². The molecular weight excluding hydrogens is 344 g/mol. The van der Waals surface area contributed by atoms with E-state index in [-0.39, 0.29) is 11.8 Å². The third kappa shape index (κ3) is 4.08. The number of pyridine rings is 1. The summed E-state index contributed by atoms with van der Waals surface area (Å²) in [7, 11) is 5.52. The van der Waals surface area contributed by atoms with E-state index in [4.69, 9.17) is 4.74 Å². The van der Waals surface area contributed by atoms with Crippen molar-refractivity contribution in [3.63, 3.8) is 0 Å². The Kier molecular flexibility index (Phi) is 5.99. The average Bonchev–Trinajstić information content (AvgIpc) is 3.10. The van der Waals surface area contributed by atoms with E-state index in [1.807, 2.05) is 40.9 Å². The van der Waals surface area contributed by atoms with Gasteiger partial charge < -0.3 is 19.4 Å². The van der Waals surface area contributed by atoms with Crippen molar-refractivity contribution in [3.8, 4) is 0 Å². The third-order valence-electron chi connectivity index (χ3n) is 5.69. The number of hydrogen-bond donors (Lipinski definition) is 0. The van der Waals surface area contributed by atoms with Crippen LogP contribution >= 0.6 is 0 Å². The number of ether oxygens (including phenoxy) is 1. The van der Waals surface area contributed by atoms with Gasteiger partial charge in [0.05, 0.1) is 11.0 Å². The Bertz CT molecular complexity index is 676. The van der Waals surface area contributed by atoms with Crippen molar-refractivity contribution in [2.45, 2.75) is 25.7 Å². The molecule has 0 N–H and O–H groups in total. The van der Waals surface area contributed by atoms with Crippen LogP contribution in [0.1, 0.15) is 36.0 Å². The summed E-state index contributed by atoms with van der Waals surface area (Å²) in [5.41, 5.74) is 0.177. The molecule has 2 amide bonds. The molecule has 0 aromatic carbocycles. The zero-order chi connectivity index (χ0) is 19.4. The van der Waals surface area contributed by atoms with Gasteiger partial charge in [-0.15, -0.1) is 0 Å². The molecule has 2 saturated heterocycles. The molecule has 0 aliphatic carbocycles. The van der Waals surface area contributed by atoms with Crippen molar-refractivity contribution < 1.29 is 14.3 Å². The number of piperidine rings is 1. The molecule has 2 aliphatic heterocycles. The summed E-state index contributed by atoms with van der Waals surface area (Å²) in [6, 6.07) is 3.66. The van der Waals surface area contributed by atoms with Gasteiger partial charge in [-0.1, -0.05) is 0 Å². The van der Waals surface area contributed by atoms with Gasteiger partial charge in [0.15, 0.2) is 0 Å². The lowest BCUT2D eigenvalue weighted by Gasteiger charge is -2.39. The second-order valence-corrected chi connectivity index (χ2v) is 7.80. The predicted octanol–water partition coefficient (Wildman–Crippen LogP) is 1.64. The first-order valence-electron chi connectivity index (χ1n) is 9.68. The molecular formula is C20H30N4O3. The zero-order valence-electron chi connectivity index (χ0n) is 16.6. The van der Waals surface area contributed by atoms with Gasteiger partial charge in [0.1, 0.15) is 5.82 Å². The Balaban J connectivity index is 1.65. The molecule has 1 spiro atoms. The third-order valence-corrected chi connectivity index (χ3v) is 5.69. The SMILES string of the molecule is COCCCN1CCCC2(CCN(C(=O)c3ccc(N(C)C)nc3)C2)C1=O. The van der Waals surface area contributed by atoms with Gasteiger partial charge in [0.2, 0.25) is 5.91 Å². The van der Waals surface area contributed by atoms with Crippen LogP contribution in [0.2, 0.25) is 0 Å². The van der Waals surface area contributed by atoms with Crippen molar-refractivity contribution in [2.75, 3.05) is 58.9 Å². The number of methoxy groups -OCH3 is 1. The Labute approximate surface area is 161 Å². The van der Waals surface area contributed by atoms with Crippen molar-refractivity contribution >= 4 is 17.6 Å².